The number of hydrogen-bond donors (Lipinski definition) is 2. The summed E-state index contributed by atoms with van der Waals surface area (Å²) in [6, 6.07) is 6.54. The van der Waals surface area contributed by atoms with Crippen LogP contribution in [-0.4, -0.2) is 34.0 Å². The van der Waals surface area contributed by atoms with Gasteiger partial charge in [0.1, 0.15) is 11.6 Å². The Morgan fingerprint density at radius 2 is 2.29 bits per heavy atom. The predicted molar refractivity (Wildman–Crippen MR) is 87.7 cm³/mol. The molecule has 24 heavy (non-hydrogen) atoms. The largest absolute Gasteiger partial charge is 0.484 e. The standard InChI is InChI=1S/C17H20N4O3/c1-11-8-21-9-13(5-6-15(21)19-11)20-16(22)10-24-14-4-2-3-12(7-14)17(18)23/h2-4,7-8,13H,5-6,9-10H2,1H3,(H2,18,23)(H,20,22)/t13-/m1/s1. The smallest absolute Gasteiger partial charge is 0.258 e. The van der Waals surface area contributed by atoms with Crippen LogP contribution in [0.2, 0.25) is 0 Å². The number of ether oxygens (including phenoxy) is 1. The van der Waals surface area contributed by atoms with Crippen molar-refractivity contribution >= 4 is 11.8 Å². The van der Waals surface area contributed by atoms with Crippen molar-refractivity contribution in [3.8, 4) is 5.75 Å². The van der Waals surface area contributed by atoms with Crippen molar-refractivity contribution in [1.82, 2.24) is 14.9 Å². The molecule has 0 bridgehead atoms. The van der Waals surface area contributed by atoms with Crippen LogP contribution in [0.3, 0.4) is 0 Å². The first-order valence-electron chi connectivity index (χ1n) is 7.86. The van der Waals surface area contributed by atoms with Crippen molar-refractivity contribution in [3.05, 3.63) is 47.5 Å². The highest BCUT2D eigenvalue weighted by atomic mass is 16.5. The molecule has 1 aromatic carbocycles. The maximum Gasteiger partial charge on any atom is 0.258 e. The maximum absolute atomic E-state index is 12.1. The minimum absolute atomic E-state index is 0.0687. The summed E-state index contributed by atoms with van der Waals surface area (Å²) in [5, 5.41) is 2.97. The quantitative estimate of drug-likeness (QED) is 0.848. The van der Waals surface area contributed by atoms with Crippen molar-refractivity contribution in [2.45, 2.75) is 32.4 Å². The van der Waals surface area contributed by atoms with Gasteiger partial charge in [0.2, 0.25) is 5.91 Å². The van der Waals surface area contributed by atoms with E-state index in [1.54, 1.807) is 18.2 Å². The lowest BCUT2D eigenvalue weighted by Crippen LogP contribution is -2.42. The van der Waals surface area contributed by atoms with E-state index in [4.69, 9.17) is 10.5 Å². The van der Waals surface area contributed by atoms with E-state index < -0.39 is 5.91 Å². The Morgan fingerprint density at radius 1 is 1.46 bits per heavy atom. The summed E-state index contributed by atoms with van der Waals surface area (Å²) in [4.78, 5) is 27.7. The first-order valence-corrected chi connectivity index (χ1v) is 7.86. The fourth-order valence-electron chi connectivity index (χ4n) is 2.86. The van der Waals surface area contributed by atoms with Gasteiger partial charge in [-0.15, -0.1) is 0 Å². The normalized spacial score (nSPS) is 16.3. The number of benzene rings is 1. The molecule has 0 saturated heterocycles. The zero-order chi connectivity index (χ0) is 17.1. The molecule has 3 N–H and O–H groups in total. The van der Waals surface area contributed by atoms with E-state index in [-0.39, 0.29) is 18.6 Å². The number of carbonyl (C=O) groups is 2. The minimum atomic E-state index is -0.529. The van der Waals surface area contributed by atoms with Crippen molar-refractivity contribution in [3.63, 3.8) is 0 Å². The molecule has 126 valence electrons. The van der Waals surface area contributed by atoms with Gasteiger partial charge in [-0.2, -0.15) is 0 Å². The second-order valence-electron chi connectivity index (χ2n) is 5.93. The Hall–Kier alpha value is -2.83. The van der Waals surface area contributed by atoms with E-state index in [1.807, 2.05) is 13.1 Å². The first-order chi connectivity index (χ1) is 11.5. The fourth-order valence-corrected chi connectivity index (χ4v) is 2.86. The van der Waals surface area contributed by atoms with Gasteiger partial charge in [-0.1, -0.05) is 6.07 Å². The molecule has 3 rings (SSSR count). The Balaban J connectivity index is 1.51. The third-order valence-corrected chi connectivity index (χ3v) is 3.97. The van der Waals surface area contributed by atoms with Crippen LogP contribution in [-0.2, 0) is 17.8 Å². The third kappa shape index (κ3) is 3.73. The molecule has 0 unspecified atom stereocenters. The lowest BCUT2D eigenvalue weighted by atomic mass is 10.1. The summed E-state index contributed by atoms with van der Waals surface area (Å²) in [5.41, 5.74) is 6.57. The average molecular weight is 328 g/mol. The predicted octanol–water partition coefficient (Wildman–Crippen LogP) is 0.800. The zero-order valence-corrected chi connectivity index (χ0v) is 13.5. The van der Waals surface area contributed by atoms with Gasteiger partial charge >= 0.3 is 0 Å². The van der Waals surface area contributed by atoms with Crippen molar-refractivity contribution in [2.75, 3.05) is 6.61 Å². The van der Waals surface area contributed by atoms with Crippen molar-refractivity contribution < 1.29 is 14.3 Å². The number of nitrogens with two attached hydrogens (primary N) is 1. The van der Waals surface area contributed by atoms with Crippen molar-refractivity contribution in [2.24, 2.45) is 5.73 Å². The maximum atomic E-state index is 12.1. The van der Waals surface area contributed by atoms with Crippen LogP contribution in [0.1, 0.15) is 28.3 Å². The average Bonchev–Trinajstić information content (AvgIpc) is 2.92. The van der Waals surface area contributed by atoms with E-state index in [1.165, 1.54) is 6.07 Å². The number of rotatable bonds is 5. The summed E-state index contributed by atoms with van der Waals surface area (Å²) in [6.07, 6.45) is 3.71. The lowest BCUT2D eigenvalue weighted by molar-refractivity contribution is -0.124. The molecule has 7 nitrogen and oxygen atoms in total. The van der Waals surface area contributed by atoms with E-state index in [0.29, 0.717) is 11.3 Å². The van der Waals surface area contributed by atoms with Gasteiger partial charge in [0.25, 0.3) is 5.91 Å². The molecular weight excluding hydrogens is 308 g/mol. The number of nitrogens with one attached hydrogen (secondary N) is 1. The van der Waals surface area contributed by atoms with Crippen LogP contribution in [0, 0.1) is 6.92 Å². The highest BCUT2D eigenvalue weighted by Crippen LogP contribution is 2.15. The molecule has 7 heteroatoms. The van der Waals surface area contributed by atoms with E-state index in [9.17, 15) is 9.59 Å². The molecule has 0 aliphatic carbocycles. The Kier molecular flexibility index (Phi) is 4.50. The molecule has 0 radical (unpaired) electrons. The van der Waals surface area contributed by atoms with Crippen LogP contribution in [0.5, 0.6) is 5.75 Å². The highest BCUT2D eigenvalue weighted by molar-refractivity contribution is 5.93. The molecule has 1 aromatic heterocycles. The molecule has 2 amide bonds. The monoisotopic (exact) mass is 328 g/mol. The first kappa shape index (κ1) is 16.0. The van der Waals surface area contributed by atoms with Crippen molar-refractivity contribution in [1.29, 1.82) is 0 Å². The number of primary amides is 1. The Labute approximate surface area is 139 Å². The number of hydrogen-bond acceptors (Lipinski definition) is 4. The topological polar surface area (TPSA) is 99.2 Å². The Bertz CT molecular complexity index is 769. The molecule has 0 fully saturated rings. The number of aryl methyl sites for hydroxylation is 2. The van der Waals surface area contributed by atoms with Gasteiger partial charge in [0, 0.05) is 30.8 Å². The summed E-state index contributed by atoms with van der Waals surface area (Å²) in [6.45, 7) is 2.58. The van der Waals surface area contributed by atoms with Gasteiger partial charge in [-0.05, 0) is 31.5 Å². The van der Waals surface area contributed by atoms with Crippen LogP contribution in [0.4, 0.5) is 0 Å². The van der Waals surface area contributed by atoms with Crippen LogP contribution < -0.4 is 15.8 Å². The molecule has 1 aliphatic heterocycles. The van der Waals surface area contributed by atoms with Gasteiger partial charge in [-0.25, -0.2) is 4.98 Å². The summed E-state index contributed by atoms with van der Waals surface area (Å²) in [5.74, 6) is 0.790. The van der Waals surface area contributed by atoms with Crippen LogP contribution in [0.15, 0.2) is 30.5 Å². The minimum Gasteiger partial charge on any atom is -0.484 e. The number of aromatic nitrogens is 2. The van der Waals surface area contributed by atoms with Gasteiger partial charge < -0.3 is 20.4 Å². The zero-order valence-electron chi connectivity index (χ0n) is 13.5. The summed E-state index contributed by atoms with van der Waals surface area (Å²) < 4.78 is 7.52. The molecule has 1 atom stereocenters. The van der Waals surface area contributed by atoms with E-state index >= 15 is 0 Å². The third-order valence-electron chi connectivity index (χ3n) is 3.97. The SMILES string of the molecule is Cc1cn2c(n1)CC[C@@H](NC(=O)COc1cccc(C(N)=O)c1)C2. The number of imidazole rings is 1. The summed E-state index contributed by atoms with van der Waals surface area (Å²) in [7, 11) is 0. The number of fused-ring (bicyclic) bond motifs is 1. The molecule has 1 aliphatic rings. The fraction of sp³-hybridized carbons (Fsp3) is 0.353. The molecular formula is C17H20N4O3. The van der Waals surface area contributed by atoms with Crippen LogP contribution in [0.25, 0.3) is 0 Å². The molecule has 0 saturated carbocycles. The highest BCUT2D eigenvalue weighted by Gasteiger charge is 2.21. The van der Waals surface area contributed by atoms with Gasteiger partial charge in [0.05, 0.1) is 5.69 Å². The Morgan fingerprint density at radius 3 is 3.08 bits per heavy atom. The second-order valence-corrected chi connectivity index (χ2v) is 5.93. The summed E-state index contributed by atoms with van der Waals surface area (Å²) >= 11 is 0. The lowest BCUT2D eigenvalue weighted by Gasteiger charge is -2.24. The van der Waals surface area contributed by atoms with E-state index in [2.05, 4.69) is 14.9 Å². The number of nitrogens with zero attached hydrogens (tertiary/aromatic N) is 2. The van der Waals surface area contributed by atoms with Gasteiger partial charge in [0.15, 0.2) is 6.61 Å². The molecule has 0 spiro atoms. The second kappa shape index (κ2) is 6.74. The molecule has 2 aromatic rings. The van der Waals surface area contributed by atoms with E-state index in [0.717, 1.165) is 30.9 Å². The number of amides is 2. The van der Waals surface area contributed by atoms with Crippen LogP contribution >= 0.6 is 0 Å². The number of carbonyl (C=O) groups excluding carboxylic acids is 2. The molecule has 2 heterocycles. The van der Waals surface area contributed by atoms with Gasteiger partial charge in [-0.3, -0.25) is 9.59 Å².